The molecule has 6 nitrogen and oxygen atoms in total. The van der Waals surface area contributed by atoms with Gasteiger partial charge in [0.1, 0.15) is 0 Å². The highest BCUT2D eigenvalue weighted by Gasteiger charge is 2.22. The molecular formula is C12H14FN3O3. The van der Waals surface area contributed by atoms with Crippen LogP contribution in [-0.2, 0) is 0 Å². The van der Waals surface area contributed by atoms with Gasteiger partial charge in [-0.1, -0.05) is 0 Å². The number of nitro groups is 1. The van der Waals surface area contributed by atoms with Crippen molar-refractivity contribution in [2.24, 2.45) is 0 Å². The number of ether oxygens (including phenoxy) is 1. The minimum Gasteiger partial charge on any atom is -0.490 e. The molecule has 1 unspecified atom stereocenters. The monoisotopic (exact) mass is 267 g/mol. The van der Waals surface area contributed by atoms with Gasteiger partial charge in [-0.25, -0.2) is 4.39 Å². The summed E-state index contributed by atoms with van der Waals surface area (Å²) in [6, 6.07) is 3.86. The van der Waals surface area contributed by atoms with Crippen molar-refractivity contribution in [3.63, 3.8) is 0 Å². The Morgan fingerprint density at radius 2 is 2.26 bits per heavy atom. The molecule has 0 N–H and O–H groups in total. The van der Waals surface area contributed by atoms with Gasteiger partial charge in [0, 0.05) is 19.2 Å². The van der Waals surface area contributed by atoms with Crippen molar-refractivity contribution in [3.05, 3.63) is 28.1 Å². The summed E-state index contributed by atoms with van der Waals surface area (Å²) >= 11 is 0. The zero-order chi connectivity index (χ0) is 14.6. The highest BCUT2D eigenvalue weighted by molar-refractivity contribution is 5.60. The lowest BCUT2D eigenvalue weighted by Gasteiger charge is -2.25. The first kappa shape index (κ1) is 14.7. The molecule has 0 bridgehead atoms. The Kier molecular flexibility index (Phi) is 4.64. The molecule has 0 amide bonds. The van der Waals surface area contributed by atoms with Gasteiger partial charge < -0.3 is 9.64 Å². The molecule has 19 heavy (non-hydrogen) atoms. The number of nitro benzene ring substituents is 1. The first-order chi connectivity index (χ1) is 8.92. The molecule has 0 aliphatic rings. The van der Waals surface area contributed by atoms with E-state index in [9.17, 15) is 14.5 Å². The second-order valence-corrected chi connectivity index (χ2v) is 4.05. The Hall–Kier alpha value is -2.36. The topological polar surface area (TPSA) is 79.4 Å². The van der Waals surface area contributed by atoms with Crippen molar-refractivity contribution in [1.82, 2.24) is 0 Å². The predicted octanol–water partition coefficient (Wildman–Crippen LogP) is 2.48. The van der Waals surface area contributed by atoms with E-state index in [4.69, 9.17) is 10.00 Å². The van der Waals surface area contributed by atoms with Gasteiger partial charge in [0.15, 0.2) is 11.6 Å². The SMILES string of the molecule is COc1cc(N(C)C(C)CC#N)c(F)cc1[N+](=O)[O-]. The van der Waals surface area contributed by atoms with Gasteiger partial charge in [-0.3, -0.25) is 10.1 Å². The molecule has 1 rings (SSSR count). The fourth-order valence-corrected chi connectivity index (χ4v) is 1.62. The first-order valence-corrected chi connectivity index (χ1v) is 5.54. The van der Waals surface area contributed by atoms with Crippen LogP contribution in [0, 0.1) is 27.3 Å². The van der Waals surface area contributed by atoms with Crippen LogP contribution in [0.4, 0.5) is 15.8 Å². The zero-order valence-electron chi connectivity index (χ0n) is 10.9. The Morgan fingerprint density at radius 3 is 2.74 bits per heavy atom. The maximum atomic E-state index is 13.9. The van der Waals surface area contributed by atoms with E-state index in [1.54, 1.807) is 18.9 Å². The Labute approximate surface area is 110 Å². The maximum absolute atomic E-state index is 13.9. The standard InChI is InChI=1S/C12H14FN3O3/c1-8(4-5-14)15(2)10-7-12(19-3)11(16(17)18)6-9(10)13/h6-8H,4H2,1-3H3. The number of rotatable bonds is 5. The molecule has 0 aliphatic carbocycles. The summed E-state index contributed by atoms with van der Waals surface area (Å²) in [7, 11) is 2.90. The van der Waals surface area contributed by atoms with Crippen molar-refractivity contribution in [3.8, 4) is 11.8 Å². The minimum atomic E-state index is -0.722. The second-order valence-electron chi connectivity index (χ2n) is 4.05. The van der Waals surface area contributed by atoms with E-state index in [2.05, 4.69) is 0 Å². The molecule has 1 aromatic carbocycles. The fourth-order valence-electron chi connectivity index (χ4n) is 1.62. The van der Waals surface area contributed by atoms with Crippen molar-refractivity contribution in [2.45, 2.75) is 19.4 Å². The third kappa shape index (κ3) is 3.10. The number of hydrogen-bond acceptors (Lipinski definition) is 5. The van der Waals surface area contributed by atoms with Gasteiger partial charge in [-0.15, -0.1) is 0 Å². The molecule has 0 aliphatic heterocycles. The van der Waals surface area contributed by atoms with Crippen LogP contribution in [0.3, 0.4) is 0 Å². The van der Waals surface area contributed by atoms with Gasteiger partial charge in [0.05, 0.1) is 36.3 Å². The molecule has 1 aromatic rings. The summed E-state index contributed by atoms with van der Waals surface area (Å²) in [4.78, 5) is 11.6. The highest BCUT2D eigenvalue weighted by atomic mass is 19.1. The van der Waals surface area contributed by atoms with Gasteiger partial charge in [-0.2, -0.15) is 5.26 Å². The third-order valence-corrected chi connectivity index (χ3v) is 2.87. The molecule has 0 spiro atoms. The predicted molar refractivity (Wildman–Crippen MR) is 67.7 cm³/mol. The van der Waals surface area contributed by atoms with E-state index in [1.807, 2.05) is 6.07 Å². The summed E-state index contributed by atoms with van der Waals surface area (Å²) in [6.45, 7) is 1.76. The van der Waals surface area contributed by atoms with E-state index < -0.39 is 16.4 Å². The van der Waals surface area contributed by atoms with Crippen molar-refractivity contribution in [2.75, 3.05) is 19.1 Å². The lowest BCUT2D eigenvalue weighted by Crippen LogP contribution is -2.29. The highest BCUT2D eigenvalue weighted by Crippen LogP contribution is 2.34. The van der Waals surface area contributed by atoms with Crippen molar-refractivity contribution < 1.29 is 14.1 Å². The average molecular weight is 267 g/mol. The van der Waals surface area contributed by atoms with Gasteiger partial charge >= 0.3 is 5.69 Å². The number of benzene rings is 1. The molecule has 0 radical (unpaired) electrons. The fraction of sp³-hybridized carbons (Fsp3) is 0.417. The van der Waals surface area contributed by atoms with Crippen molar-refractivity contribution >= 4 is 11.4 Å². The minimum absolute atomic E-state index is 0.0163. The average Bonchev–Trinajstić information content (AvgIpc) is 2.37. The molecular weight excluding hydrogens is 253 g/mol. The Bertz CT molecular complexity index is 528. The molecule has 0 saturated carbocycles. The smallest absolute Gasteiger partial charge is 0.313 e. The molecule has 0 aromatic heterocycles. The van der Waals surface area contributed by atoms with E-state index in [0.29, 0.717) is 0 Å². The summed E-state index contributed by atoms with van der Waals surface area (Å²) in [5.74, 6) is -0.739. The quantitative estimate of drug-likeness (QED) is 0.604. The van der Waals surface area contributed by atoms with Gasteiger partial charge in [-0.05, 0) is 6.92 Å². The molecule has 102 valence electrons. The number of nitriles is 1. The normalized spacial score (nSPS) is 11.5. The maximum Gasteiger partial charge on any atom is 0.313 e. The Morgan fingerprint density at radius 1 is 1.63 bits per heavy atom. The van der Waals surface area contributed by atoms with E-state index >= 15 is 0 Å². The summed E-state index contributed by atoms with van der Waals surface area (Å²) < 4.78 is 18.8. The van der Waals surface area contributed by atoms with Crippen LogP contribution in [0.1, 0.15) is 13.3 Å². The molecule has 1 atom stereocenters. The largest absolute Gasteiger partial charge is 0.490 e. The summed E-state index contributed by atoms with van der Waals surface area (Å²) in [5, 5.41) is 19.4. The number of hydrogen-bond donors (Lipinski definition) is 0. The Balaban J connectivity index is 3.23. The second kappa shape index (κ2) is 6.00. The lowest BCUT2D eigenvalue weighted by molar-refractivity contribution is -0.385. The first-order valence-electron chi connectivity index (χ1n) is 5.54. The number of anilines is 1. The van der Waals surface area contributed by atoms with Crippen molar-refractivity contribution in [1.29, 1.82) is 5.26 Å². The zero-order valence-corrected chi connectivity index (χ0v) is 10.9. The van der Waals surface area contributed by atoms with Crippen LogP contribution in [-0.4, -0.2) is 25.1 Å². The molecule has 0 heterocycles. The molecule has 0 fully saturated rings. The van der Waals surface area contributed by atoms with Crippen LogP contribution in [0.5, 0.6) is 5.75 Å². The molecule has 0 saturated heterocycles. The molecule has 7 heteroatoms. The van der Waals surface area contributed by atoms with Gasteiger partial charge in [0.2, 0.25) is 0 Å². The third-order valence-electron chi connectivity index (χ3n) is 2.87. The summed E-state index contributed by atoms with van der Waals surface area (Å²) in [5.41, 5.74) is -0.268. The van der Waals surface area contributed by atoms with E-state index in [0.717, 1.165) is 6.07 Å². The number of halogens is 1. The number of methoxy groups -OCH3 is 1. The lowest BCUT2D eigenvalue weighted by atomic mass is 10.1. The van der Waals surface area contributed by atoms with Crippen LogP contribution in [0.15, 0.2) is 12.1 Å². The van der Waals surface area contributed by atoms with Crippen LogP contribution in [0.25, 0.3) is 0 Å². The van der Waals surface area contributed by atoms with Crippen LogP contribution in [0.2, 0.25) is 0 Å². The van der Waals surface area contributed by atoms with E-state index in [1.165, 1.54) is 13.2 Å². The number of nitrogens with zero attached hydrogens (tertiary/aromatic N) is 3. The van der Waals surface area contributed by atoms with Gasteiger partial charge in [0.25, 0.3) is 0 Å². The van der Waals surface area contributed by atoms with Crippen LogP contribution < -0.4 is 9.64 Å². The summed E-state index contributed by atoms with van der Waals surface area (Å²) in [6.07, 6.45) is 0.218. The van der Waals surface area contributed by atoms with E-state index in [-0.39, 0.29) is 23.9 Å². The van der Waals surface area contributed by atoms with Crippen LogP contribution >= 0.6 is 0 Å².